The van der Waals surface area contributed by atoms with Crippen LogP contribution in [0.1, 0.15) is 31.2 Å². The van der Waals surface area contributed by atoms with Crippen molar-refractivity contribution in [3.63, 3.8) is 0 Å². The predicted octanol–water partition coefficient (Wildman–Crippen LogP) is 3.70. The van der Waals surface area contributed by atoms with Gasteiger partial charge in [0.15, 0.2) is 0 Å². The van der Waals surface area contributed by atoms with Crippen LogP contribution >= 0.6 is 15.9 Å². The van der Waals surface area contributed by atoms with Crippen molar-refractivity contribution in [3.8, 4) is 6.07 Å². The quantitative estimate of drug-likeness (QED) is 0.825. The van der Waals surface area contributed by atoms with E-state index in [0.717, 1.165) is 15.7 Å². The summed E-state index contributed by atoms with van der Waals surface area (Å²) < 4.78 is 0.965. The zero-order valence-corrected chi connectivity index (χ0v) is 11.0. The van der Waals surface area contributed by atoms with E-state index >= 15 is 0 Å². The van der Waals surface area contributed by atoms with Crippen molar-refractivity contribution < 1.29 is 0 Å². The molecule has 1 aliphatic carbocycles. The SMILES string of the molecule is CN(c1ccc(Br)cc1C#N)C1CCCC1. The van der Waals surface area contributed by atoms with Gasteiger partial charge in [0.05, 0.1) is 11.3 Å². The summed E-state index contributed by atoms with van der Waals surface area (Å²) in [6.45, 7) is 0. The predicted molar refractivity (Wildman–Crippen MR) is 69.5 cm³/mol. The van der Waals surface area contributed by atoms with E-state index in [2.05, 4.69) is 33.9 Å². The van der Waals surface area contributed by atoms with Crippen molar-refractivity contribution in [3.05, 3.63) is 28.2 Å². The van der Waals surface area contributed by atoms with Gasteiger partial charge in [-0.1, -0.05) is 28.8 Å². The van der Waals surface area contributed by atoms with Crippen LogP contribution in [0, 0.1) is 11.3 Å². The molecule has 0 amide bonds. The number of nitriles is 1. The van der Waals surface area contributed by atoms with E-state index in [1.807, 2.05) is 18.2 Å². The summed E-state index contributed by atoms with van der Waals surface area (Å²) in [5.74, 6) is 0. The maximum atomic E-state index is 9.14. The molecule has 1 fully saturated rings. The number of nitrogens with zero attached hydrogens (tertiary/aromatic N) is 2. The first-order valence-electron chi connectivity index (χ1n) is 5.65. The molecule has 1 aliphatic rings. The topological polar surface area (TPSA) is 27.0 Å². The number of rotatable bonds is 2. The van der Waals surface area contributed by atoms with Crippen LogP contribution in [0.4, 0.5) is 5.69 Å². The summed E-state index contributed by atoms with van der Waals surface area (Å²) in [4.78, 5) is 2.26. The minimum Gasteiger partial charge on any atom is -0.371 e. The molecule has 0 N–H and O–H groups in total. The molecule has 0 atom stereocenters. The van der Waals surface area contributed by atoms with Crippen molar-refractivity contribution in [2.75, 3.05) is 11.9 Å². The van der Waals surface area contributed by atoms with Crippen molar-refractivity contribution in [2.24, 2.45) is 0 Å². The molecule has 2 nitrogen and oxygen atoms in total. The summed E-state index contributed by atoms with van der Waals surface area (Å²) >= 11 is 3.40. The Bertz CT molecular complexity index is 416. The highest BCUT2D eigenvalue weighted by atomic mass is 79.9. The van der Waals surface area contributed by atoms with Gasteiger partial charge in [0.25, 0.3) is 0 Å². The molecule has 1 saturated carbocycles. The zero-order chi connectivity index (χ0) is 11.5. The zero-order valence-electron chi connectivity index (χ0n) is 9.41. The Morgan fingerprint density at radius 1 is 1.38 bits per heavy atom. The number of hydrogen-bond donors (Lipinski definition) is 0. The van der Waals surface area contributed by atoms with E-state index < -0.39 is 0 Å². The van der Waals surface area contributed by atoms with Gasteiger partial charge in [-0.25, -0.2) is 0 Å². The highest BCUT2D eigenvalue weighted by molar-refractivity contribution is 9.10. The lowest BCUT2D eigenvalue weighted by atomic mass is 10.1. The molecule has 0 saturated heterocycles. The molecule has 0 aliphatic heterocycles. The summed E-state index contributed by atoms with van der Waals surface area (Å²) in [6, 6.07) is 8.79. The molecule has 0 unspecified atom stereocenters. The first-order valence-corrected chi connectivity index (χ1v) is 6.44. The Labute approximate surface area is 105 Å². The molecule has 0 radical (unpaired) electrons. The van der Waals surface area contributed by atoms with Crippen LogP contribution in [0.25, 0.3) is 0 Å². The van der Waals surface area contributed by atoms with Crippen LogP contribution in [0.5, 0.6) is 0 Å². The second-order valence-electron chi connectivity index (χ2n) is 4.32. The van der Waals surface area contributed by atoms with Crippen LogP contribution in [0.3, 0.4) is 0 Å². The lowest BCUT2D eigenvalue weighted by Gasteiger charge is -2.27. The van der Waals surface area contributed by atoms with Gasteiger partial charge in [0.1, 0.15) is 6.07 Å². The maximum absolute atomic E-state index is 9.14. The molecule has 2 rings (SSSR count). The third kappa shape index (κ3) is 2.22. The standard InChI is InChI=1S/C13H15BrN2/c1-16(12-4-2-3-5-12)13-7-6-11(14)8-10(13)9-15/h6-8,12H,2-5H2,1H3. The molecule has 1 aromatic carbocycles. The first-order chi connectivity index (χ1) is 7.72. The van der Waals surface area contributed by atoms with Gasteiger partial charge in [-0.3, -0.25) is 0 Å². The van der Waals surface area contributed by atoms with E-state index in [1.165, 1.54) is 25.7 Å². The second-order valence-corrected chi connectivity index (χ2v) is 5.24. The molecule has 1 aromatic rings. The van der Waals surface area contributed by atoms with Gasteiger partial charge >= 0.3 is 0 Å². The molecule has 84 valence electrons. The van der Waals surface area contributed by atoms with Crippen molar-refractivity contribution >= 4 is 21.6 Å². The fourth-order valence-corrected chi connectivity index (χ4v) is 2.75. The Morgan fingerprint density at radius 2 is 2.06 bits per heavy atom. The summed E-state index contributed by atoms with van der Waals surface area (Å²) in [5, 5.41) is 9.14. The largest absolute Gasteiger partial charge is 0.371 e. The van der Waals surface area contributed by atoms with Crippen LogP contribution in [-0.4, -0.2) is 13.1 Å². The van der Waals surface area contributed by atoms with Crippen molar-refractivity contribution in [1.29, 1.82) is 5.26 Å². The van der Waals surface area contributed by atoms with E-state index in [4.69, 9.17) is 5.26 Å². The first kappa shape index (κ1) is 11.5. The van der Waals surface area contributed by atoms with E-state index in [-0.39, 0.29) is 0 Å². The lowest BCUT2D eigenvalue weighted by molar-refractivity contribution is 0.653. The average Bonchev–Trinajstić information content (AvgIpc) is 2.81. The fourth-order valence-electron chi connectivity index (χ4n) is 2.39. The summed E-state index contributed by atoms with van der Waals surface area (Å²) in [6.07, 6.45) is 5.12. The van der Waals surface area contributed by atoms with E-state index in [0.29, 0.717) is 6.04 Å². The Balaban J connectivity index is 2.28. The Hall–Kier alpha value is -1.01. The van der Waals surface area contributed by atoms with E-state index in [9.17, 15) is 0 Å². The number of anilines is 1. The molecular formula is C13H15BrN2. The third-order valence-corrected chi connectivity index (χ3v) is 3.82. The van der Waals surface area contributed by atoms with Gasteiger partial charge in [-0.15, -0.1) is 0 Å². The minimum absolute atomic E-state index is 0.605. The van der Waals surface area contributed by atoms with Crippen LogP contribution in [-0.2, 0) is 0 Å². The number of halogens is 1. The van der Waals surface area contributed by atoms with Gasteiger partial charge < -0.3 is 4.90 Å². The summed E-state index contributed by atoms with van der Waals surface area (Å²) in [7, 11) is 2.10. The molecule has 0 bridgehead atoms. The van der Waals surface area contributed by atoms with Crippen LogP contribution in [0.15, 0.2) is 22.7 Å². The van der Waals surface area contributed by atoms with Gasteiger partial charge in [0.2, 0.25) is 0 Å². The van der Waals surface area contributed by atoms with Crippen molar-refractivity contribution in [1.82, 2.24) is 0 Å². The fraction of sp³-hybridized carbons (Fsp3) is 0.462. The lowest BCUT2D eigenvalue weighted by Crippen LogP contribution is -2.29. The highest BCUT2D eigenvalue weighted by Crippen LogP contribution is 2.30. The second kappa shape index (κ2) is 4.88. The van der Waals surface area contributed by atoms with Gasteiger partial charge in [-0.2, -0.15) is 5.26 Å². The van der Waals surface area contributed by atoms with Gasteiger partial charge in [0, 0.05) is 17.6 Å². The highest BCUT2D eigenvalue weighted by Gasteiger charge is 2.21. The average molecular weight is 279 g/mol. The third-order valence-electron chi connectivity index (χ3n) is 3.33. The maximum Gasteiger partial charge on any atom is 0.101 e. The smallest absolute Gasteiger partial charge is 0.101 e. The molecule has 0 aromatic heterocycles. The Morgan fingerprint density at radius 3 is 2.69 bits per heavy atom. The molecule has 0 heterocycles. The van der Waals surface area contributed by atoms with Crippen LogP contribution in [0.2, 0.25) is 0 Å². The van der Waals surface area contributed by atoms with E-state index in [1.54, 1.807) is 0 Å². The van der Waals surface area contributed by atoms with Gasteiger partial charge in [-0.05, 0) is 31.0 Å². The number of hydrogen-bond acceptors (Lipinski definition) is 2. The normalized spacial score (nSPS) is 16.1. The molecule has 16 heavy (non-hydrogen) atoms. The monoisotopic (exact) mass is 278 g/mol. The minimum atomic E-state index is 0.605. The molecule has 3 heteroatoms. The Kier molecular flexibility index (Phi) is 3.50. The summed E-state index contributed by atoms with van der Waals surface area (Å²) in [5.41, 5.74) is 1.81. The molecule has 0 spiro atoms. The molecular weight excluding hydrogens is 264 g/mol. The van der Waals surface area contributed by atoms with Crippen LogP contribution < -0.4 is 4.90 Å². The number of benzene rings is 1. The van der Waals surface area contributed by atoms with Crippen molar-refractivity contribution in [2.45, 2.75) is 31.7 Å².